The van der Waals surface area contributed by atoms with Crippen molar-refractivity contribution in [3.63, 3.8) is 0 Å². The zero-order valence-electron chi connectivity index (χ0n) is 10.1. The van der Waals surface area contributed by atoms with Gasteiger partial charge in [0.05, 0.1) is 10.6 Å². The third-order valence-corrected chi connectivity index (χ3v) is 2.94. The lowest BCUT2D eigenvalue weighted by Gasteiger charge is -2.11. The summed E-state index contributed by atoms with van der Waals surface area (Å²) in [5.74, 6) is -2.85. The van der Waals surface area contributed by atoms with Gasteiger partial charge in [0.25, 0.3) is 0 Å². The fourth-order valence-electron chi connectivity index (χ4n) is 1.65. The maximum atomic E-state index is 13.4. The van der Waals surface area contributed by atoms with Crippen LogP contribution in [0.25, 0.3) is 0 Å². The number of hydrogen-bond acceptors (Lipinski definition) is 2. The summed E-state index contributed by atoms with van der Waals surface area (Å²) in [4.78, 5) is 11.1. The Morgan fingerprint density at radius 3 is 2.35 bits per heavy atom. The number of ether oxygens (including phenoxy) is 1. The van der Waals surface area contributed by atoms with Crippen molar-refractivity contribution in [2.45, 2.75) is 6.61 Å². The summed E-state index contributed by atoms with van der Waals surface area (Å²) >= 11 is 5.76. The van der Waals surface area contributed by atoms with Crippen molar-refractivity contribution < 1.29 is 23.4 Å². The molecule has 0 spiro atoms. The molecule has 1 N–H and O–H groups in total. The van der Waals surface area contributed by atoms with E-state index in [1.165, 1.54) is 24.3 Å². The molecule has 0 atom stereocenters. The number of carbonyl (C=O) groups is 1. The van der Waals surface area contributed by atoms with E-state index in [0.29, 0.717) is 0 Å². The largest absolute Gasteiger partial charge is 0.488 e. The molecule has 104 valence electrons. The molecule has 0 saturated heterocycles. The van der Waals surface area contributed by atoms with E-state index in [4.69, 9.17) is 21.4 Å². The van der Waals surface area contributed by atoms with E-state index in [1.54, 1.807) is 0 Å². The monoisotopic (exact) mass is 298 g/mol. The Balaban J connectivity index is 2.28. The van der Waals surface area contributed by atoms with E-state index in [1.807, 2.05) is 0 Å². The van der Waals surface area contributed by atoms with E-state index in [0.717, 1.165) is 12.1 Å². The Morgan fingerprint density at radius 1 is 1.15 bits per heavy atom. The number of hydrogen-bond donors (Lipinski definition) is 1. The molecule has 20 heavy (non-hydrogen) atoms. The summed E-state index contributed by atoms with van der Waals surface area (Å²) in [6.45, 7) is -0.431. The van der Waals surface area contributed by atoms with E-state index < -0.39 is 24.2 Å². The zero-order valence-corrected chi connectivity index (χ0v) is 10.8. The zero-order chi connectivity index (χ0) is 14.7. The first-order chi connectivity index (χ1) is 9.50. The standard InChI is InChI=1S/C14H9ClF2O3/c15-9-3-1-6-12(13(9)14(18)19)20-7-8-10(16)4-2-5-11(8)17/h1-6H,7H2,(H,18,19). The van der Waals surface area contributed by atoms with Gasteiger partial charge in [-0.05, 0) is 24.3 Å². The molecular weight excluding hydrogens is 290 g/mol. The number of carboxylic acid groups (broad SMARTS) is 1. The molecule has 0 aliphatic rings. The van der Waals surface area contributed by atoms with Gasteiger partial charge in [0.15, 0.2) is 0 Å². The molecule has 0 fully saturated rings. The van der Waals surface area contributed by atoms with Crippen LogP contribution in [0, 0.1) is 11.6 Å². The Morgan fingerprint density at radius 2 is 1.75 bits per heavy atom. The van der Waals surface area contributed by atoms with Gasteiger partial charge in [-0.15, -0.1) is 0 Å². The van der Waals surface area contributed by atoms with Crippen LogP contribution < -0.4 is 4.74 Å². The SMILES string of the molecule is O=C(O)c1c(Cl)cccc1OCc1c(F)cccc1F. The van der Waals surface area contributed by atoms with Crippen LogP contribution >= 0.6 is 11.6 Å². The fourth-order valence-corrected chi connectivity index (χ4v) is 1.90. The lowest BCUT2D eigenvalue weighted by Crippen LogP contribution is -2.06. The summed E-state index contributed by atoms with van der Waals surface area (Å²) in [6, 6.07) is 7.67. The first-order valence-electron chi connectivity index (χ1n) is 5.58. The third-order valence-electron chi connectivity index (χ3n) is 2.62. The molecule has 0 aliphatic carbocycles. The van der Waals surface area contributed by atoms with Crippen LogP contribution in [0.1, 0.15) is 15.9 Å². The van der Waals surface area contributed by atoms with Crippen LogP contribution in [0.2, 0.25) is 5.02 Å². The number of benzene rings is 2. The molecule has 0 aliphatic heterocycles. The number of aromatic carboxylic acids is 1. The van der Waals surface area contributed by atoms with Gasteiger partial charge in [0.1, 0.15) is 29.6 Å². The smallest absolute Gasteiger partial charge is 0.341 e. The van der Waals surface area contributed by atoms with Crippen molar-refractivity contribution in [1.29, 1.82) is 0 Å². The highest BCUT2D eigenvalue weighted by Crippen LogP contribution is 2.27. The van der Waals surface area contributed by atoms with Crippen molar-refractivity contribution in [2.75, 3.05) is 0 Å². The Hall–Kier alpha value is -2.14. The predicted molar refractivity (Wildman–Crippen MR) is 69.1 cm³/mol. The summed E-state index contributed by atoms with van der Waals surface area (Å²) in [7, 11) is 0. The summed E-state index contributed by atoms with van der Waals surface area (Å²) in [5.41, 5.74) is -0.519. The van der Waals surface area contributed by atoms with Crippen molar-refractivity contribution in [2.24, 2.45) is 0 Å². The summed E-state index contributed by atoms with van der Waals surface area (Å²) in [6.07, 6.45) is 0. The van der Waals surface area contributed by atoms with E-state index >= 15 is 0 Å². The van der Waals surface area contributed by atoms with Gasteiger partial charge >= 0.3 is 5.97 Å². The molecule has 0 amide bonds. The third kappa shape index (κ3) is 2.88. The van der Waals surface area contributed by atoms with Gasteiger partial charge in [0.2, 0.25) is 0 Å². The lowest BCUT2D eigenvalue weighted by molar-refractivity contribution is 0.0692. The minimum absolute atomic E-state index is 0.0102. The maximum Gasteiger partial charge on any atom is 0.341 e. The molecule has 0 aromatic heterocycles. The molecule has 3 nitrogen and oxygen atoms in total. The first-order valence-corrected chi connectivity index (χ1v) is 5.96. The molecule has 2 aromatic carbocycles. The van der Waals surface area contributed by atoms with Crippen LogP contribution in [0.15, 0.2) is 36.4 Å². The van der Waals surface area contributed by atoms with Crippen LogP contribution in [-0.4, -0.2) is 11.1 Å². The van der Waals surface area contributed by atoms with E-state index in [-0.39, 0.29) is 21.9 Å². The number of rotatable bonds is 4. The second kappa shape index (κ2) is 5.88. The van der Waals surface area contributed by atoms with Crippen molar-refractivity contribution >= 4 is 17.6 Å². The minimum Gasteiger partial charge on any atom is -0.488 e. The molecule has 0 heterocycles. The van der Waals surface area contributed by atoms with Gasteiger partial charge in [-0.25, -0.2) is 13.6 Å². The average molecular weight is 299 g/mol. The molecular formula is C14H9ClF2O3. The Kier molecular flexibility index (Phi) is 4.20. The molecule has 0 unspecified atom stereocenters. The highest BCUT2D eigenvalue weighted by molar-refractivity contribution is 6.33. The molecule has 0 radical (unpaired) electrons. The Bertz CT molecular complexity index is 639. The molecule has 2 aromatic rings. The molecule has 2 rings (SSSR count). The predicted octanol–water partition coefficient (Wildman–Crippen LogP) is 3.90. The van der Waals surface area contributed by atoms with Gasteiger partial charge < -0.3 is 9.84 Å². The summed E-state index contributed by atoms with van der Waals surface area (Å²) in [5, 5.41) is 9.03. The van der Waals surface area contributed by atoms with Gasteiger partial charge in [-0.1, -0.05) is 23.7 Å². The van der Waals surface area contributed by atoms with Crippen molar-refractivity contribution in [3.8, 4) is 5.75 Å². The number of halogens is 3. The highest BCUT2D eigenvalue weighted by atomic mass is 35.5. The maximum absolute atomic E-state index is 13.4. The molecule has 0 bridgehead atoms. The summed E-state index contributed by atoms with van der Waals surface area (Å²) < 4.78 is 32.0. The van der Waals surface area contributed by atoms with Gasteiger partial charge in [-0.3, -0.25) is 0 Å². The molecule has 6 heteroatoms. The molecule has 0 saturated carbocycles. The van der Waals surface area contributed by atoms with Gasteiger partial charge in [-0.2, -0.15) is 0 Å². The van der Waals surface area contributed by atoms with Crippen LogP contribution in [0.3, 0.4) is 0 Å². The minimum atomic E-state index is -1.28. The highest BCUT2D eigenvalue weighted by Gasteiger charge is 2.17. The second-order valence-corrected chi connectivity index (χ2v) is 4.31. The Labute approximate surface area is 118 Å². The van der Waals surface area contributed by atoms with Crippen LogP contribution in [-0.2, 0) is 6.61 Å². The average Bonchev–Trinajstić information content (AvgIpc) is 2.37. The van der Waals surface area contributed by atoms with Crippen LogP contribution in [0.4, 0.5) is 8.78 Å². The topological polar surface area (TPSA) is 46.5 Å². The first kappa shape index (κ1) is 14.3. The second-order valence-electron chi connectivity index (χ2n) is 3.91. The van der Waals surface area contributed by atoms with Crippen LogP contribution in [0.5, 0.6) is 5.75 Å². The fraction of sp³-hybridized carbons (Fsp3) is 0.0714. The number of carboxylic acids is 1. The van der Waals surface area contributed by atoms with Crippen molar-refractivity contribution in [3.05, 3.63) is 64.2 Å². The van der Waals surface area contributed by atoms with Gasteiger partial charge in [0, 0.05) is 0 Å². The van der Waals surface area contributed by atoms with E-state index in [9.17, 15) is 13.6 Å². The van der Waals surface area contributed by atoms with Crippen molar-refractivity contribution in [1.82, 2.24) is 0 Å². The lowest BCUT2D eigenvalue weighted by atomic mass is 10.2. The normalized spacial score (nSPS) is 10.3. The quantitative estimate of drug-likeness (QED) is 0.931. The van der Waals surface area contributed by atoms with E-state index in [2.05, 4.69) is 0 Å².